The summed E-state index contributed by atoms with van der Waals surface area (Å²) < 4.78 is 5.90. The maximum atomic E-state index is 11.8. The molecule has 4 nitrogen and oxygen atoms in total. The van der Waals surface area contributed by atoms with Crippen LogP contribution in [0.3, 0.4) is 0 Å². The van der Waals surface area contributed by atoms with Crippen molar-refractivity contribution in [2.75, 3.05) is 6.61 Å². The van der Waals surface area contributed by atoms with Crippen LogP contribution in [0.25, 0.3) is 0 Å². The van der Waals surface area contributed by atoms with Crippen LogP contribution in [0.2, 0.25) is 0 Å². The smallest absolute Gasteiger partial charge is 0.324 e. The number of carboxylic acids is 1. The lowest BCUT2D eigenvalue weighted by Gasteiger charge is -2.35. The van der Waals surface area contributed by atoms with Crippen molar-refractivity contribution in [1.82, 2.24) is 5.32 Å². The van der Waals surface area contributed by atoms with Crippen molar-refractivity contribution in [2.24, 2.45) is 5.92 Å². The number of carboxylic acid groups (broad SMARTS) is 1. The molecule has 1 aliphatic rings. The zero-order valence-corrected chi connectivity index (χ0v) is 13.7. The quantitative estimate of drug-likeness (QED) is 0.719. The number of ether oxygens (including phenoxy) is 1. The Morgan fingerprint density at radius 3 is 2.65 bits per heavy atom. The fourth-order valence-electron chi connectivity index (χ4n) is 3.10. The van der Waals surface area contributed by atoms with Crippen LogP contribution >= 0.6 is 0 Å². The monoisotopic (exact) mass is 285 g/mol. The number of hydrogen-bond acceptors (Lipinski definition) is 3. The molecule has 0 bridgehead atoms. The summed E-state index contributed by atoms with van der Waals surface area (Å²) in [7, 11) is 0. The van der Waals surface area contributed by atoms with Crippen molar-refractivity contribution in [2.45, 2.75) is 83.9 Å². The number of aliphatic carboxylic acids is 1. The molecule has 0 aliphatic heterocycles. The molecule has 2 unspecified atom stereocenters. The van der Waals surface area contributed by atoms with E-state index in [0.717, 1.165) is 32.1 Å². The topological polar surface area (TPSA) is 58.6 Å². The Bertz CT molecular complexity index is 328. The van der Waals surface area contributed by atoms with Gasteiger partial charge in [0.15, 0.2) is 0 Å². The van der Waals surface area contributed by atoms with E-state index in [1.54, 1.807) is 0 Å². The standard InChI is InChI=1S/C16H31NO3/c1-6-15(4,5)20-11-9-13-8-7-10-16(13,14(18)19)17-12(2)3/h12-13,17H,6-11H2,1-5H3,(H,18,19). The zero-order chi connectivity index (χ0) is 15.4. The van der Waals surface area contributed by atoms with Crippen LogP contribution in [0.5, 0.6) is 0 Å². The maximum Gasteiger partial charge on any atom is 0.324 e. The molecule has 0 aromatic heterocycles. The van der Waals surface area contributed by atoms with Crippen LogP contribution in [0, 0.1) is 5.92 Å². The van der Waals surface area contributed by atoms with Gasteiger partial charge in [0, 0.05) is 12.6 Å². The van der Waals surface area contributed by atoms with E-state index in [1.807, 2.05) is 13.8 Å². The minimum Gasteiger partial charge on any atom is -0.480 e. The van der Waals surface area contributed by atoms with Gasteiger partial charge in [-0.1, -0.05) is 13.3 Å². The SMILES string of the molecule is CCC(C)(C)OCCC1CCCC1(NC(C)C)C(=O)O. The fraction of sp³-hybridized carbons (Fsp3) is 0.938. The highest BCUT2D eigenvalue weighted by molar-refractivity contribution is 5.79. The normalized spacial score (nSPS) is 27.2. The molecule has 1 aliphatic carbocycles. The van der Waals surface area contributed by atoms with Crippen LogP contribution in [-0.2, 0) is 9.53 Å². The van der Waals surface area contributed by atoms with Crippen molar-refractivity contribution >= 4 is 5.97 Å². The molecule has 20 heavy (non-hydrogen) atoms. The third-order valence-corrected chi connectivity index (χ3v) is 4.56. The van der Waals surface area contributed by atoms with Gasteiger partial charge in [0.05, 0.1) is 5.60 Å². The van der Waals surface area contributed by atoms with Crippen molar-refractivity contribution in [3.8, 4) is 0 Å². The van der Waals surface area contributed by atoms with Gasteiger partial charge in [-0.05, 0) is 59.3 Å². The van der Waals surface area contributed by atoms with E-state index in [0.29, 0.717) is 6.61 Å². The summed E-state index contributed by atoms with van der Waals surface area (Å²) in [6, 6.07) is 0.180. The first-order valence-electron chi connectivity index (χ1n) is 7.88. The summed E-state index contributed by atoms with van der Waals surface area (Å²) in [6.07, 6.45) is 4.46. The molecule has 0 amide bonds. The molecule has 2 N–H and O–H groups in total. The third kappa shape index (κ3) is 4.19. The Morgan fingerprint density at radius 2 is 2.15 bits per heavy atom. The lowest BCUT2D eigenvalue weighted by molar-refractivity contribution is -0.147. The summed E-state index contributed by atoms with van der Waals surface area (Å²) in [4.78, 5) is 11.8. The summed E-state index contributed by atoms with van der Waals surface area (Å²) >= 11 is 0. The van der Waals surface area contributed by atoms with E-state index in [2.05, 4.69) is 26.1 Å². The Hall–Kier alpha value is -0.610. The molecule has 0 heterocycles. The molecule has 0 aromatic carbocycles. The van der Waals surface area contributed by atoms with Crippen molar-refractivity contribution < 1.29 is 14.6 Å². The predicted molar refractivity (Wildman–Crippen MR) is 80.9 cm³/mol. The molecule has 1 saturated carbocycles. The van der Waals surface area contributed by atoms with Gasteiger partial charge in [-0.2, -0.15) is 0 Å². The minimum atomic E-state index is -0.756. The average molecular weight is 285 g/mol. The molecular weight excluding hydrogens is 254 g/mol. The van der Waals surface area contributed by atoms with Gasteiger partial charge in [-0.3, -0.25) is 10.1 Å². The Morgan fingerprint density at radius 1 is 1.50 bits per heavy atom. The largest absolute Gasteiger partial charge is 0.480 e. The molecule has 118 valence electrons. The minimum absolute atomic E-state index is 0.115. The lowest BCUT2D eigenvalue weighted by Crippen LogP contribution is -2.57. The number of hydrogen-bond donors (Lipinski definition) is 2. The third-order valence-electron chi connectivity index (χ3n) is 4.56. The van der Waals surface area contributed by atoms with E-state index in [1.165, 1.54) is 0 Å². The lowest BCUT2D eigenvalue weighted by atomic mass is 9.84. The highest BCUT2D eigenvalue weighted by atomic mass is 16.5. The fourth-order valence-corrected chi connectivity index (χ4v) is 3.10. The molecule has 4 heteroatoms. The zero-order valence-electron chi connectivity index (χ0n) is 13.7. The summed E-state index contributed by atoms with van der Waals surface area (Å²) in [5, 5.41) is 13.0. The van der Waals surface area contributed by atoms with Crippen LogP contribution in [-0.4, -0.2) is 34.9 Å². The predicted octanol–water partition coefficient (Wildman–Crippen LogP) is 3.20. The first kappa shape index (κ1) is 17.4. The molecule has 0 aromatic rings. The average Bonchev–Trinajstić information content (AvgIpc) is 2.72. The maximum absolute atomic E-state index is 11.8. The van der Waals surface area contributed by atoms with Gasteiger partial charge in [0.1, 0.15) is 5.54 Å². The second-order valence-electron chi connectivity index (χ2n) is 6.92. The van der Waals surface area contributed by atoms with Crippen LogP contribution < -0.4 is 5.32 Å². The Kier molecular flexibility index (Phi) is 6.02. The van der Waals surface area contributed by atoms with Gasteiger partial charge < -0.3 is 9.84 Å². The highest BCUT2D eigenvalue weighted by Gasteiger charge is 2.49. The van der Waals surface area contributed by atoms with Gasteiger partial charge >= 0.3 is 5.97 Å². The first-order valence-corrected chi connectivity index (χ1v) is 7.88. The van der Waals surface area contributed by atoms with Crippen LogP contribution in [0.15, 0.2) is 0 Å². The molecule has 0 saturated heterocycles. The van der Waals surface area contributed by atoms with Crippen LogP contribution in [0.4, 0.5) is 0 Å². The molecule has 0 radical (unpaired) electrons. The second-order valence-corrected chi connectivity index (χ2v) is 6.92. The number of rotatable bonds is 8. The summed E-state index contributed by atoms with van der Waals surface area (Å²) in [6.45, 7) is 10.9. The van der Waals surface area contributed by atoms with Crippen molar-refractivity contribution in [1.29, 1.82) is 0 Å². The van der Waals surface area contributed by atoms with E-state index in [-0.39, 0.29) is 17.6 Å². The van der Waals surface area contributed by atoms with Gasteiger partial charge in [0.25, 0.3) is 0 Å². The Balaban J connectivity index is 2.65. The second kappa shape index (κ2) is 6.90. The van der Waals surface area contributed by atoms with Crippen LogP contribution in [0.1, 0.15) is 66.7 Å². The molecular formula is C16H31NO3. The molecule has 2 atom stereocenters. The van der Waals surface area contributed by atoms with E-state index < -0.39 is 11.5 Å². The van der Waals surface area contributed by atoms with Crippen molar-refractivity contribution in [3.05, 3.63) is 0 Å². The van der Waals surface area contributed by atoms with Gasteiger partial charge in [-0.15, -0.1) is 0 Å². The Labute approximate surface area is 123 Å². The van der Waals surface area contributed by atoms with E-state index in [9.17, 15) is 9.90 Å². The first-order chi connectivity index (χ1) is 9.23. The summed E-state index contributed by atoms with van der Waals surface area (Å²) in [5.41, 5.74) is -0.871. The van der Waals surface area contributed by atoms with E-state index >= 15 is 0 Å². The number of carbonyl (C=O) groups is 1. The van der Waals surface area contributed by atoms with Crippen molar-refractivity contribution in [3.63, 3.8) is 0 Å². The molecule has 0 spiro atoms. The van der Waals surface area contributed by atoms with Gasteiger partial charge in [-0.25, -0.2) is 0 Å². The molecule has 1 fully saturated rings. The summed E-state index contributed by atoms with van der Waals surface area (Å²) in [5.74, 6) is -0.543. The van der Waals surface area contributed by atoms with E-state index in [4.69, 9.17) is 4.74 Å². The number of nitrogens with one attached hydrogen (secondary N) is 1. The highest BCUT2D eigenvalue weighted by Crippen LogP contribution is 2.39. The molecule has 1 rings (SSSR count). The van der Waals surface area contributed by atoms with Gasteiger partial charge in [0.2, 0.25) is 0 Å².